The number of carbonyl (C=O) groups is 1. The van der Waals surface area contributed by atoms with Gasteiger partial charge >= 0.3 is 0 Å². The topological polar surface area (TPSA) is 63.1 Å². The van der Waals surface area contributed by atoms with Crippen LogP contribution in [0.2, 0.25) is 0 Å². The van der Waals surface area contributed by atoms with Crippen LogP contribution in [-0.4, -0.2) is 44.9 Å². The molecule has 1 fully saturated rings. The first-order valence-electron chi connectivity index (χ1n) is 8.16. The van der Waals surface area contributed by atoms with Crippen molar-refractivity contribution in [1.29, 1.82) is 0 Å². The Hall–Kier alpha value is -1.87. The number of nitrogens with zero attached hydrogens (tertiary/aromatic N) is 4. The van der Waals surface area contributed by atoms with Gasteiger partial charge in [-0.05, 0) is 53.5 Å². The van der Waals surface area contributed by atoms with Gasteiger partial charge in [0, 0.05) is 30.2 Å². The Kier molecular flexibility index (Phi) is 5.42. The van der Waals surface area contributed by atoms with Gasteiger partial charge in [-0.3, -0.25) is 14.4 Å². The van der Waals surface area contributed by atoms with Gasteiger partial charge in [0.15, 0.2) is 0 Å². The Morgan fingerprint density at radius 3 is 2.83 bits per heavy atom. The molecule has 6 heteroatoms. The van der Waals surface area contributed by atoms with Crippen LogP contribution in [0.15, 0.2) is 6.20 Å². The third kappa shape index (κ3) is 6.41. The maximum atomic E-state index is 11.8. The fourth-order valence-electron chi connectivity index (χ4n) is 2.23. The summed E-state index contributed by atoms with van der Waals surface area (Å²) >= 11 is 0. The first kappa shape index (κ1) is 17.5. The van der Waals surface area contributed by atoms with Crippen LogP contribution >= 0.6 is 0 Å². The van der Waals surface area contributed by atoms with E-state index in [-0.39, 0.29) is 17.4 Å². The monoisotopic (exact) mass is 317 g/mol. The zero-order valence-electron chi connectivity index (χ0n) is 14.8. The van der Waals surface area contributed by atoms with Gasteiger partial charge < -0.3 is 5.32 Å². The molecule has 6 nitrogen and oxygen atoms in total. The Balaban J connectivity index is 1.80. The number of rotatable bonds is 6. The van der Waals surface area contributed by atoms with E-state index in [2.05, 4.69) is 39.4 Å². The van der Waals surface area contributed by atoms with E-state index in [9.17, 15) is 4.79 Å². The first-order chi connectivity index (χ1) is 10.7. The average molecular weight is 317 g/mol. The zero-order chi connectivity index (χ0) is 17.0. The molecule has 1 saturated carbocycles. The van der Waals surface area contributed by atoms with Gasteiger partial charge in [0.2, 0.25) is 0 Å². The predicted molar refractivity (Wildman–Crippen MR) is 89.3 cm³/mol. The number of hydrogen-bond donors (Lipinski definition) is 1. The summed E-state index contributed by atoms with van der Waals surface area (Å²) < 4.78 is 1.78. The third-order valence-corrected chi connectivity index (χ3v) is 3.56. The maximum absolute atomic E-state index is 11.8. The van der Waals surface area contributed by atoms with Crippen LogP contribution in [0.4, 0.5) is 0 Å². The normalized spacial score (nSPS) is 15.9. The van der Waals surface area contributed by atoms with Crippen LogP contribution in [-0.2, 0) is 17.9 Å². The molecule has 126 valence electrons. The second kappa shape index (κ2) is 7.14. The van der Waals surface area contributed by atoms with Gasteiger partial charge in [-0.2, -0.15) is 0 Å². The van der Waals surface area contributed by atoms with E-state index in [1.54, 1.807) is 4.68 Å². The summed E-state index contributed by atoms with van der Waals surface area (Å²) in [5, 5.41) is 11.2. The predicted octanol–water partition coefficient (Wildman–Crippen LogP) is 1.43. The summed E-state index contributed by atoms with van der Waals surface area (Å²) in [5.74, 6) is 5.32. The van der Waals surface area contributed by atoms with Crippen LogP contribution in [0.3, 0.4) is 0 Å². The number of carbonyl (C=O) groups excluding carboxylic acids is 1. The molecule has 0 aromatic carbocycles. The highest BCUT2D eigenvalue weighted by Crippen LogP contribution is 2.26. The van der Waals surface area contributed by atoms with Crippen molar-refractivity contribution in [3.05, 3.63) is 11.9 Å². The van der Waals surface area contributed by atoms with Crippen LogP contribution in [0.5, 0.6) is 0 Å². The second-order valence-corrected chi connectivity index (χ2v) is 7.45. The zero-order valence-corrected chi connectivity index (χ0v) is 14.8. The molecule has 1 aliphatic carbocycles. The van der Waals surface area contributed by atoms with Crippen molar-refractivity contribution < 1.29 is 4.79 Å². The molecular formula is C17H27N5O. The number of hydrogen-bond acceptors (Lipinski definition) is 4. The highest BCUT2D eigenvalue weighted by atomic mass is 16.1. The lowest BCUT2D eigenvalue weighted by atomic mass is 9.98. The molecule has 1 aromatic rings. The first-order valence-corrected chi connectivity index (χ1v) is 8.16. The smallest absolute Gasteiger partial charge is 0.296 e. The molecule has 0 spiro atoms. The molecule has 1 amide bonds. The van der Waals surface area contributed by atoms with Crippen LogP contribution < -0.4 is 5.32 Å². The molecule has 1 aromatic heterocycles. The summed E-state index contributed by atoms with van der Waals surface area (Å²) in [4.78, 5) is 14.1. The van der Waals surface area contributed by atoms with Gasteiger partial charge in [0.05, 0.1) is 12.2 Å². The summed E-state index contributed by atoms with van der Waals surface area (Å²) in [6.45, 7) is 9.28. The molecule has 0 unspecified atom stereocenters. The van der Waals surface area contributed by atoms with E-state index < -0.39 is 0 Å². The Morgan fingerprint density at radius 1 is 1.52 bits per heavy atom. The van der Waals surface area contributed by atoms with E-state index in [1.807, 2.05) is 33.9 Å². The molecular weight excluding hydrogens is 290 g/mol. The van der Waals surface area contributed by atoms with E-state index >= 15 is 0 Å². The largest absolute Gasteiger partial charge is 0.341 e. The minimum absolute atomic E-state index is 0.0486. The van der Waals surface area contributed by atoms with E-state index in [1.165, 1.54) is 12.8 Å². The lowest BCUT2D eigenvalue weighted by Crippen LogP contribution is -2.35. The van der Waals surface area contributed by atoms with Gasteiger partial charge in [0.25, 0.3) is 5.91 Å². The minimum Gasteiger partial charge on any atom is -0.341 e. The molecule has 1 N–H and O–H groups in total. The van der Waals surface area contributed by atoms with Gasteiger partial charge in [-0.25, -0.2) is 0 Å². The molecule has 23 heavy (non-hydrogen) atoms. The average Bonchev–Trinajstić information content (AvgIpc) is 3.19. The third-order valence-electron chi connectivity index (χ3n) is 3.56. The number of aromatic nitrogens is 3. The van der Waals surface area contributed by atoms with Crippen LogP contribution in [0, 0.1) is 17.3 Å². The van der Waals surface area contributed by atoms with Crippen LogP contribution in [0.1, 0.15) is 46.2 Å². The van der Waals surface area contributed by atoms with Crippen molar-refractivity contribution in [3.8, 4) is 11.8 Å². The molecule has 0 saturated heterocycles. The van der Waals surface area contributed by atoms with Crippen molar-refractivity contribution >= 4 is 5.91 Å². The molecule has 1 aliphatic rings. The summed E-state index contributed by atoms with van der Waals surface area (Å²) in [6, 6.07) is 0.659. The highest BCUT2D eigenvalue weighted by Gasteiger charge is 2.26. The fraction of sp³-hybridized carbons (Fsp3) is 0.706. The Bertz CT molecular complexity index is 600. The fourth-order valence-corrected chi connectivity index (χ4v) is 2.23. The maximum Gasteiger partial charge on any atom is 0.296 e. The second-order valence-electron chi connectivity index (χ2n) is 7.45. The number of nitrogens with one attached hydrogen (secondary N) is 1. The summed E-state index contributed by atoms with van der Waals surface area (Å²) in [6.07, 6.45) is 4.51. The van der Waals surface area contributed by atoms with E-state index in [0.29, 0.717) is 12.6 Å². The van der Waals surface area contributed by atoms with Crippen molar-refractivity contribution in [2.45, 2.75) is 65.7 Å². The van der Waals surface area contributed by atoms with E-state index in [4.69, 9.17) is 0 Å². The molecule has 0 radical (unpaired) electrons. The molecule has 0 bridgehead atoms. The van der Waals surface area contributed by atoms with Crippen molar-refractivity contribution in [1.82, 2.24) is 25.2 Å². The molecule has 0 aliphatic heterocycles. The van der Waals surface area contributed by atoms with Gasteiger partial charge in [-0.15, -0.1) is 5.10 Å². The summed E-state index contributed by atoms with van der Waals surface area (Å²) in [7, 11) is 2.12. The summed E-state index contributed by atoms with van der Waals surface area (Å²) in [5.41, 5.74) is 0.792. The Labute approximate surface area is 138 Å². The SMILES string of the molecule is C[C@H](Cn1cc(CN(C)C2CC2)nn1)NC(=O)C#CC(C)(C)C. The van der Waals surface area contributed by atoms with Gasteiger partial charge in [-0.1, -0.05) is 11.1 Å². The lowest BCUT2D eigenvalue weighted by molar-refractivity contribution is -0.116. The molecule has 2 rings (SSSR count). The van der Waals surface area contributed by atoms with Crippen LogP contribution in [0.25, 0.3) is 0 Å². The van der Waals surface area contributed by atoms with Crippen molar-refractivity contribution in [3.63, 3.8) is 0 Å². The van der Waals surface area contributed by atoms with Crippen molar-refractivity contribution in [2.75, 3.05) is 7.05 Å². The molecule has 1 heterocycles. The van der Waals surface area contributed by atoms with Crippen molar-refractivity contribution in [2.24, 2.45) is 5.41 Å². The molecule has 1 atom stereocenters. The standard InChI is InChI=1S/C17H27N5O/c1-13(18-16(23)8-9-17(2,3)4)10-22-12-14(19-20-22)11-21(5)15-6-7-15/h12-13,15H,6-7,10-11H2,1-5H3,(H,18,23)/t13-/m1/s1. The Morgan fingerprint density at radius 2 is 2.22 bits per heavy atom. The quantitative estimate of drug-likeness (QED) is 0.806. The minimum atomic E-state index is -0.249. The van der Waals surface area contributed by atoms with E-state index in [0.717, 1.165) is 12.2 Å². The highest BCUT2D eigenvalue weighted by molar-refractivity contribution is 5.93. The number of amides is 1. The van der Waals surface area contributed by atoms with Gasteiger partial charge in [0.1, 0.15) is 0 Å². The lowest BCUT2D eigenvalue weighted by Gasteiger charge is -2.13.